The maximum atomic E-state index is 6.08. The Kier molecular flexibility index (Phi) is 4.15. The number of rotatable bonds is 2. The highest BCUT2D eigenvalue weighted by atomic mass is 35.5. The fourth-order valence-electron chi connectivity index (χ4n) is 3.16. The molecule has 0 N–H and O–H groups in total. The van der Waals surface area contributed by atoms with E-state index < -0.39 is 0 Å². The molecule has 3 nitrogen and oxygen atoms in total. The monoisotopic (exact) mass is 299 g/mol. The molecule has 5 heteroatoms. The normalized spacial score (nSPS) is 24.3. The van der Waals surface area contributed by atoms with Gasteiger partial charge in [0.2, 0.25) is 0 Å². The molecule has 0 bridgehead atoms. The molecule has 3 heterocycles. The van der Waals surface area contributed by atoms with Crippen LogP contribution in [-0.2, 0) is 5.88 Å². The van der Waals surface area contributed by atoms with Gasteiger partial charge in [-0.05, 0) is 37.4 Å². The number of alkyl halides is 1. The highest BCUT2D eigenvalue weighted by Gasteiger charge is 2.29. The van der Waals surface area contributed by atoms with Gasteiger partial charge >= 0.3 is 0 Å². The first kappa shape index (κ1) is 13.5. The third-order valence-corrected chi connectivity index (χ3v) is 4.82. The summed E-state index contributed by atoms with van der Waals surface area (Å²) in [5, 5.41) is 0.663. The third-order valence-electron chi connectivity index (χ3n) is 4.19. The largest absolute Gasteiger partial charge is 0.355 e. The lowest BCUT2D eigenvalue weighted by Crippen LogP contribution is -2.37. The summed E-state index contributed by atoms with van der Waals surface area (Å²) >= 11 is 12.0. The lowest BCUT2D eigenvalue weighted by Gasteiger charge is -2.26. The SMILES string of the molecule is ClCc1cc(N2CCCN3CCCC3C2)ncc1Cl. The lowest BCUT2D eigenvalue weighted by molar-refractivity contribution is 0.273. The molecule has 19 heavy (non-hydrogen) atoms. The van der Waals surface area contributed by atoms with Gasteiger partial charge in [0.05, 0.1) is 5.02 Å². The standard InChI is InChI=1S/C14H19Cl2N3/c15-8-11-7-14(17-9-13(11)16)19-6-2-5-18-4-1-3-12(18)10-19/h7,9,12H,1-6,8,10H2. The zero-order valence-corrected chi connectivity index (χ0v) is 12.5. The number of pyridine rings is 1. The third kappa shape index (κ3) is 2.83. The fourth-order valence-corrected chi connectivity index (χ4v) is 3.62. The van der Waals surface area contributed by atoms with Crippen molar-refractivity contribution in [3.05, 3.63) is 22.8 Å². The molecule has 1 aromatic rings. The summed E-state index contributed by atoms with van der Waals surface area (Å²) in [4.78, 5) is 9.50. The van der Waals surface area contributed by atoms with Crippen LogP contribution in [0.3, 0.4) is 0 Å². The molecule has 0 radical (unpaired) electrons. The van der Waals surface area contributed by atoms with Crippen molar-refractivity contribution in [3.8, 4) is 0 Å². The quantitative estimate of drug-likeness (QED) is 0.782. The topological polar surface area (TPSA) is 19.4 Å². The number of halogens is 2. The number of hydrogen-bond donors (Lipinski definition) is 0. The summed E-state index contributed by atoms with van der Waals surface area (Å²) in [6.07, 6.45) is 5.58. The van der Waals surface area contributed by atoms with E-state index in [1.54, 1.807) is 6.20 Å². The van der Waals surface area contributed by atoms with Gasteiger partial charge in [-0.25, -0.2) is 4.98 Å². The maximum absolute atomic E-state index is 6.08. The van der Waals surface area contributed by atoms with E-state index in [9.17, 15) is 0 Å². The van der Waals surface area contributed by atoms with Crippen molar-refractivity contribution in [1.29, 1.82) is 0 Å². The number of hydrogen-bond acceptors (Lipinski definition) is 3. The first-order valence-corrected chi connectivity index (χ1v) is 7.88. The van der Waals surface area contributed by atoms with Crippen molar-refractivity contribution in [1.82, 2.24) is 9.88 Å². The van der Waals surface area contributed by atoms with E-state index >= 15 is 0 Å². The average molecular weight is 300 g/mol. The Bertz CT molecular complexity index is 452. The summed E-state index contributed by atoms with van der Waals surface area (Å²) in [7, 11) is 0. The summed E-state index contributed by atoms with van der Waals surface area (Å²) in [6, 6.07) is 2.74. The smallest absolute Gasteiger partial charge is 0.128 e. The van der Waals surface area contributed by atoms with Gasteiger partial charge in [-0.15, -0.1) is 11.6 Å². The van der Waals surface area contributed by atoms with E-state index in [0.29, 0.717) is 16.9 Å². The lowest BCUT2D eigenvalue weighted by atomic mass is 10.2. The Morgan fingerprint density at radius 1 is 1.26 bits per heavy atom. The molecular formula is C14H19Cl2N3. The van der Waals surface area contributed by atoms with Crippen LogP contribution in [0.1, 0.15) is 24.8 Å². The molecular weight excluding hydrogens is 281 g/mol. The van der Waals surface area contributed by atoms with E-state index in [0.717, 1.165) is 24.5 Å². The van der Waals surface area contributed by atoms with Crippen LogP contribution < -0.4 is 4.90 Å². The van der Waals surface area contributed by atoms with Crippen LogP contribution in [0, 0.1) is 0 Å². The summed E-state index contributed by atoms with van der Waals surface area (Å²) < 4.78 is 0. The molecule has 2 fully saturated rings. The second kappa shape index (κ2) is 5.86. The first-order chi connectivity index (χ1) is 9.28. The van der Waals surface area contributed by atoms with Crippen molar-refractivity contribution in [2.45, 2.75) is 31.2 Å². The highest BCUT2D eigenvalue weighted by Crippen LogP contribution is 2.26. The number of nitrogens with zero attached hydrogens (tertiary/aromatic N) is 3. The molecule has 104 valence electrons. The molecule has 2 saturated heterocycles. The van der Waals surface area contributed by atoms with Crippen LogP contribution in [0.25, 0.3) is 0 Å². The van der Waals surface area contributed by atoms with Crippen molar-refractivity contribution < 1.29 is 0 Å². The van der Waals surface area contributed by atoms with Crippen LogP contribution in [0.4, 0.5) is 5.82 Å². The maximum Gasteiger partial charge on any atom is 0.128 e. The number of aromatic nitrogens is 1. The minimum Gasteiger partial charge on any atom is -0.355 e. The van der Waals surface area contributed by atoms with Gasteiger partial charge in [-0.1, -0.05) is 11.6 Å². The predicted octanol–water partition coefficient (Wildman–Crippen LogP) is 3.15. The van der Waals surface area contributed by atoms with E-state index in [1.807, 2.05) is 6.07 Å². The zero-order valence-electron chi connectivity index (χ0n) is 11.0. The number of fused-ring (bicyclic) bond motifs is 1. The minimum atomic E-state index is 0.442. The second-order valence-corrected chi connectivity index (χ2v) is 6.07. The second-order valence-electron chi connectivity index (χ2n) is 5.40. The molecule has 1 atom stereocenters. The van der Waals surface area contributed by atoms with Crippen molar-refractivity contribution >= 4 is 29.0 Å². The van der Waals surface area contributed by atoms with Crippen LogP contribution >= 0.6 is 23.2 Å². The van der Waals surface area contributed by atoms with E-state index in [1.165, 1.54) is 32.4 Å². The number of anilines is 1. The fraction of sp³-hybridized carbons (Fsp3) is 0.643. The van der Waals surface area contributed by atoms with Gasteiger partial charge in [0.1, 0.15) is 5.82 Å². The Morgan fingerprint density at radius 3 is 2.95 bits per heavy atom. The Balaban J connectivity index is 1.80. The molecule has 0 aromatic carbocycles. The molecule has 3 rings (SSSR count). The summed E-state index contributed by atoms with van der Waals surface area (Å²) in [5.41, 5.74) is 0.973. The average Bonchev–Trinajstić information content (AvgIpc) is 2.77. The van der Waals surface area contributed by atoms with Gasteiger partial charge in [0.25, 0.3) is 0 Å². The predicted molar refractivity (Wildman–Crippen MR) is 80.2 cm³/mol. The van der Waals surface area contributed by atoms with Crippen molar-refractivity contribution in [2.24, 2.45) is 0 Å². The van der Waals surface area contributed by atoms with Gasteiger partial charge in [0.15, 0.2) is 0 Å². The molecule has 1 unspecified atom stereocenters. The molecule has 0 spiro atoms. The van der Waals surface area contributed by atoms with Gasteiger partial charge < -0.3 is 4.90 Å². The Labute approximate surface area is 124 Å². The van der Waals surface area contributed by atoms with Crippen LogP contribution in [0.15, 0.2) is 12.3 Å². The van der Waals surface area contributed by atoms with Crippen LogP contribution in [0.5, 0.6) is 0 Å². The summed E-state index contributed by atoms with van der Waals surface area (Å²) in [5.74, 6) is 1.46. The molecule has 0 aliphatic carbocycles. The van der Waals surface area contributed by atoms with E-state index in [4.69, 9.17) is 23.2 Å². The van der Waals surface area contributed by atoms with E-state index in [2.05, 4.69) is 14.8 Å². The van der Waals surface area contributed by atoms with Crippen LogP contribution in [-0.4, -0.2) is 42.1 Å². The summed E-state index contributed by atoms with van der Waals surface area (Å²) in [6.45, 7) is 4.64. The highest BCUT2D eigenvalue weighted by molar-refractivity contribution is 6.32. The zero-order chi connectivity index (χ0) is 13.2. The molecule has 1 aromatic heterocycles. The Hall–Kier alpha value is -0.510. The molecule has 2 aliphatic rings. The minimum absolute atomic E-state index is 0.442. The van der Waals surface area contributed by atoms with Crippen molar-refractivity contribution in [3.63, 3.8) is 0 Å². The van der Waals surface area contributed by atoms with Gasteiger partial charge in [0, 0.05) is 37.8 Å². The van der Waals surface area contributed by atoms with E-state index in [-0.39, 0.29) is 0 Å². The van der Waals surface area contributed by atoms with Gasteiger partial charge in [-0.2, -0.15) is 0 Å². The molecule has 0 amide bonds. The van der Waals surface area contributed by atoms with Gasteiger partial charge in [-0.3, -0.25) is 4.90 Å². The molecule has 2 aliphatic heterocycles. The molecule has 0 saturated carbocycles. The van der Waals surface area contributed by atoms with Crippen molar-refractivity contribution in [2.75, 3.05) is 31.1 Å². The Morgan fingerprint density at radius 2 is 2.11 bits per heavy atom. The van der Waals surface area contributed by atoms with Crippen LogP contribution in [0.2, 0.25) is 5.02 Å². The first-order valence-electron chi connectivity index (χ1n) is 6.97.